The van der Waals surface area contributed by atoms with Crippen LogP contribution in [0.2, 0.25) is 0 Å². The molecule has 0 aliphatic carbocycles. The summed E-state index contributed by atoms with van der Waals surface area (Å²) in [6.45, 7) is 0. The van der Waals surface area contributed by atoms with E-state index >= 15 is 0 Å². The molecule has 0 atom stereocenters. The number of oxazole rings is 1. The van der Waals surface area contributed by atoms with Crippen LogP contribution >= 0.6 is 0 Å². The van der Waals surface area contributed by atoms with Gasteiger partial charge in [0.15, 0.2) is 0 Å². The summed E-state index contributed by atoms with van der Waals surface area (Å²) in [5.41, 5.74) is 0.512. The quantitative estimate of drug-likeness (QED) is 0.804. The van der Waals surface area contributed by atoms with Crippen LogP contribution in [0.1, 0.15) is 5.76 Å². The number of methoxy groups -OCH3 is 3. The van der Waals surface area contributed by atoms with Gasteiger partial charge in [-0.1, -0.05) is 0 Å². The third-order valence-corrected chi connectivity index (χ3v) is 3.89. The fourth-order valence-electron chi connectivity index (χ4n) is 2.00. The number of ether oxygens (including phenoxy) is 3. The maximum Gasteiger partial charge on any atom is 0.233 e. The molecule has 1 aromatic carbocycles. The first-order valence-electron chi connectivity index (χ1n) is 6.63. The van der Waals surface area contributed by atoms with Gasteiger partial charge < -0.3 is 18.6 Å². The number of rotatable bonds is 7. The van der Waals surface area contributed by atoms with Crippen molar-refractivity contribution in [2.24, 2.45) is 5.14 Å². The van der Waals surface area contributed by atoms with Crippen LogP contribution in [0.4, 0.5) is 0 Å². The van der Waals surface area contributed by atoms with E-state index < -0.39 is 10.0 Å². The summed E-state index contributed by atoms with van der Waals surface area (Å²) in [6.07, 6.45) is 1.58. The van der Waals surface area contributed by atoms with Gasteiger partial charge in [0.1, 0.15) is 28.6 Å². The van der Waals surface area contributed by atoms with Crippen molar-refractivity contribution in [2.75, 3.05) is 27.1 Å². The van der Waals surface area contributed by atoms with Gasteiger partial charge in [-0.2, -0.15) is 0 Å². The lowest BCUT2D eigenvalue weighted by Crippen LogP contribution is -2.17. The third kappa shape index (κ3) is 4.14. The van der Waals surface area contributed by atoms with E-state index in [1.165, 1.54) is 27.5 Å². The van der Waals surface area contributed by atoms with Crippen molar-refractivity contribution in [1.29, 1.82) is 0 Å². The Kier molecular flexibility index (Phi) is 5.12. The lowest BCUT2D eigenvalue weighted by molar-refractivity contribution is 0.375. The van der Waals surface area contributed by atoms with Crippen molar-refractivity contribution in [3.8, 4) is 28.7 Å². The SMILES string of the molecule is COc1cc(OC)c(-c2ncc(CCS(N)(=O)=O)o2)c(OC)c1. The van der Waals surface area contributed by atoms with Gasteiger partial charge in [-0.3, -0.25) is 0 Å². The van der Waals surface area contributed by atoms with Crippen molar-refractivity contribution in [3.05, 3.63) is 24.1 Å². The molecule has 9 heteroatoms. The van der Waals surface area contributed by atoms with Crippen LogP contribution in [0.3, 0.4) is 0 Å². The number of hydrogen-bond acceptors (Lipinski definition) is 7. The van der Waals surface area contributed by atoms with Crippen LogP contribution < -0.4 is 19.3 Å². The topological polar surface area (TPSA) is 114 Å². The molecule has 0 aliphatic heterocycles. The molecule has 0 aliphatic rings. The molecule has 126 valence electrons. The standard InChI is InChI=1S/C14H18N2O6S/c1-19-10-6-11(20-2)13(12(7-10)21-3)14-16-8-9(22-14)4-5-23(15,17)18/h6-8H,4-5H2,1-3H3,(H2,15,17,18). The minimum absolute atomic E-state index is 0.132. The van der Waals surface area contributed by atoms with Crippen molar-refractivity contribution in [3.63, 3.8) is 0 Å². The van der Waals surface area contributed by atoms with Gasteiger partial charge in [0.2, 0.25) is 15.9 Å². The largest absolute Gasteiger partial charge is 0.496 e. The second-order valence-electron chi connectivity index (χ2n) is 4.66. The summed E-state index contributed by atoms with van der Waals surface area (Å²) in [7, 11) is 0.971. The summed E-state index contributed by atoms with van der Waals surface area (Å²) in [5.74, 6) is 1.91. The first kappa shape index (κ1) is 17.1. The minimum Gasteiger partial charge on any atom is -0.496 e. The molecule has 0 saturated carbocycles. The smallest absolute Gasteiger partial charge is 0.233 e. The van der Waals surface area contributed by atoms with E-state index in [1.54, 1.807) is 12.1 Å². The molecule has 2 rings (SSSR count). The molecular weight excluding hydrogens is 324 g/mol. The van der Waals surface area contributed by atoms with E-state index in [0.29, 0.717) is 28.6 Å². The molecule has 0 radical (unpaired) electrons. The van der Waals surface area contributed by atoms with Gasteiger partial charge >= 0.3 is 0 Å². The number of nitrogens with zero attached hydrogens (tertiary/aromatic N) is 1. The Balaban J connectivity index is 2.40. The first-order valence-corrected chi connectivity index (χ1v) is 8.35. The first-order chi connectivity index (χ1) is 10.9. The van der Waals surface area contributed by atoms with Crippen molar-refractivity contribution < 1.29 is 27.0 Å². The summed E-state index contributed by atoms with van der Waals surface area (Å²) in [4.78, 5) is 4.16. The zero-order valence-corrected chi connectivity index (χ0v) is 13.8. The van der Waals surface area contributed by atoms with Crippen LogP contribution in [0.25, 0.3) is 11.5 Å². The number of sulfonamides is 1. The van der Waals surface area contributed by atoms with Crippen molar-refractivity contribution in [1.82, 2.24) is 4.98 Å². The molecular formula is C14H18N2O6S. The van der Waals surface area contributed by atoms with Gasteiger partial charge in [0, 0.05) is 18.6 Å². The van der Waals surface area contributed by atoms with E-state index in [1.807, 2.05) is 0 Å². The highest BCUT2D eigenvalue weighted by Gasteiger charge is 2.20. The Morgan fingerprint density at radius 3 is 2.22 bits per heavy atom. The minimum atomic E-state index is -3.57. The Labute approximate surface area is 134 Å². The predicted molar refractivity (Wildman–Crippen MR) is 83.3 cm³/mol. The average Bonchev–Trinajstić information content (AvgIpc) is 2.99. The lowest BCUT2D eigenvalue weighted by atomic mass is 10.1. The fourth-order valence-corrected chi connectivity index (χ4v) is 2.48. The van der Waals surface area contributed by atoms with Gasteiger partial charge in [-0.15, -0.1) is 0 Å². The van der Waals surface area contributed by atoms with E-state index in [0.717, 1.165) is 0 Å². The Morgan fingerprint density at radius 1 is 1.13 bits per heavy atom. The number of primary sulfonamides is 1. The van der Waals surface area contributed by atoms with E-state index in [2.05, 4.69) is 4.98 Å². The summed E-state index contributed by atoms with van der Waals surface area (Å²) in [6, 6.07) is 3.35. The summed E-state index contributed by atoms with van der Waals surface area (Å²) >= 11 is 0. The van der Waals surface area contributed by atoms with Crippen LogP contribution in [0.15, 0.2) is 22.7 Å². The van der Waals surface area contributed by atoms with Crippen LogP contribution in [0.5, 0.6) is 17.2 Å². The lowest BCUT2D eigenvalue weighted by Gasteiger charge is -2.12. The Hall–Kier alpha value is -2.26. The number of nitrogens with two attached hydrogens (primary N) is 1. The number of aryl methyl sites for hydroxylation is 1. The van der Waals surface area contributed by atoms with E-state index in [-0.39, 0.29) is 18.1 Å². The second kappa shape index (κ2) is 6.88. The molecule has 0 saturated heterocycles. The molecule has 8 nitrogen and oxygen atoms in total. The molecule has 0 unspecified atom stereocenters. The number of aromatic nitrogens is 1. The highest BCUT2D eigenvalue weighted by molar-refractivity contribution is 7.89. The zero-order chi connectivity index (χ0) is 17.0. The highest BCUT2D eigenvalue weighted by atomic mass is 32.2. The van der Waals surface area contributed by atoms with Gasteiger partial charge in [0.05, 0.1) is 33.3 Å². The Bertz CT molecular complexity index is 759. The highest BCUT2D eigenvalue weighted by Crippen LogP contribution is 2.41. The molecule has 0 amide bonds. The maximum atomic E-state index is 11.0. The van der Waals surface area contributed by atoms with Crippen LogP contribution in [-0.2, 0) is 16.4 Å². The molecule has 23 heavy (non-hydrogen) atoms. The van der Waals surface area contributed by atoms with E-state index in [9.17, 15) is 8.42 Å². The Morgan fingerprint density at radius 2 is 1.74 bits per heavy atom. The summed E-state index contributed by atoms with van der Waals surface area (Å²) in [5, 5.41) is 4.98. The van der Waals surface area contributed by atoms with E-state index in [4.69, 9.17) is 23.8 Å². The normalized spacial score (nSPS) is 11.3. The van der Waals surface area contributed by atoms with Crippen molar-refractivity contribution in [2.45, 2.75) is 6.42 Å². The van der Waals surface area contributed by atoms with Crippen LogP contribution in [0, 0.1) is 0 Å². The average molecular weight is 342 g/mol. The molecule has 2 aromatic rings. The fraction of sp³-hybridized carbons (Fsp3) is 0.357. The third-order valence-electron chi connectivity index (χ3n) is 3.12. The maximum absolute atomic E-state index is 11.0. The van der Waals surface area contributed by atoms with Gasteiger partial charge in [-0.25, -0.2) is 18.5 Å². The molecule has 0 fully saturated rings. The predicted octanol–water partition coefficient (Wildman–Crippen LogP) is 1.20. The van der Waals surface area contributed by atoms with Gasteiger partial charge in [-0.05, 0) is 0 Å². The number of benzene rings is 1. The van der Waals surface area contributed by atoms with Gasteiger partial charge in [0.25, 0.3) is 0 Å². The monoisotopic (exact) mass is 342 g/mol. The molecule has 0 bridgehead atoms. The van der Waals surface area contributed by atoms with Crippen molar-refractivity contribution >= 4 is 10.0 Å². The summed E-state index contributed by atoms with van der Waals surface area (Å²) < 4.78 is 43.5. The number of hydrogen-bond donors (Lipinski definition) is 1. The second-order valence-corrected chi connectivity index (χ2v) is 6.39. The molecule has 0 spiro atoms. The molecule has 1 heterocycles. The molecule has 2 N–H and O–H groups in total. The zero-order valence-electron chi connectivity index (χ0n) is 13.0. The van der Waals surface area contributed by atoms with Crippen LogP contribution in [-0.4, -0.2) is 40.5 Å². The molecule has 1 aromatic heterocycles.